The Morgan fingerprint density at radius 1 is 1.00 bits per heavy atom. The van der Waals surface area contributed by atoms with Gasteiger partial charge in [0.1, 0.15) is 23.5 Å². The average molecular weight is 542 g/mol. The van der Waals surface area contributed by atoms with Crippen molar-refractivity contribution >= 4 is 5.91 Å². The van der Waals surface area contributed by atoms with Crippen molar-refractivity contribution in [2.24, 2.45) is 11.1 Å². The van der Waals surface area contributed by atoms with E-state index in [2.05, 4.69) is 4.98 Å². The number of aromatic hydroxyl groups is 1. The number of hydrogen-bond acceptors (Lipinski definition) is 6. The van der Waals surface area contributed by atoms with Gasteiger partial charge in [0, 0.05) is 25.2 Å². The number of nitrogens with two attached hydrogens (primary N) is 1. The lowest BCUT2D eigenvalue weighted by Gasteiger charge is -2.29. The highest BCUT2D eigenvalue weighted by atomic mass is 19.1. The standard InChI is InChI=1S/C30H37F2N3O4/c1-5-18-7-6-8-19(11-18)16-35(17-26(37)23(33)14-20-12-21(31)15-22(32)13-20)29(39)27-25(36)10-9-24(34-27)28(38)30(2,3)4/h6-13,15,23,26,28,36-38H,5,14,16-17,33H2,1-4H3/t23-,26+,28?/m0/s1. The van der Waals surface area contributed by atoms with E-state index in [0.29, 0.717) is 0 Å². The maximum Gasteiger partial charge on any atom is 0.276 e. The molecule has 0 saturated heterocycles. The molecule has 0 radical (unpaired) electrons. The van der Waals surface area contributed by atoms with Crippen LogP contribution >= 0.6 is 0 Å². The average Bonchev–Trinajstić information content (AvgIpc) is 2.86. The van der Waals surface area contributed by atoms with Gasteiger partial charge in [0.15, 0.2) is 5.69 Å². The first kappa shape index (κ1) is 30.1. The number of carbonyl (C=O) groups excluding carboxylic acids is 1. The SMILES string of the molecule is CCc1cccc(CN(C[C@@H](O)[C@@H](N)Cc2cc(F)cc(F)c2)C(=O)c2nc(C(O)C(C)(C)C)ccc2O)c1. The van der Waals surface area contributed by atoms with Crippen molar-refractivity contribution in [2.75, 3.05) is 6.54 Å². The molecule has 7 nitrogen and oxygen atoms in total. The second-order valence-corrected chi connectivity index (χ2v) is 10.9. The Morgan fingerprint density at radius 3 is 2.26 bits per heavy atom. The molecule has 210 valence electrons. The van der Waals surface area contributed by atoms with E-state index in [4.69, 9.17) is 5.73 Å². The topological polar surface area (TPSA) is 120 Å². The first-order valence-corrected chi connectivity index (χ1v) is 12.9. The van der Waals surface area contributed by atoms with Gasteiger partial charge in [0.2, 0.25) is 0 Å². The zero-order valence-corrected chi connectivity index (χ0v) is 22.7. The largest absolute Gasteiger partial charge is 0.505 e. The molecule has 2 aromatic carbocycles. The van der Waals surface area contributed by atoms with E-state index in [1.807, 2.05) is 52.0 Å². The van der Waals surface area contributed by atoms with Gasteiger partial charge in [-0.25, -0.2) is 13.8 Å². The van der Waals surface area contributed by atoms with Gasteiger partial charge in [-0.1, -0.05) is 52.0 Å². The van der Waals surface area contributed by atoms with Crippen LogP contribution in [0, 0.1) is 17.0 Å². The zero-order valence-electron chi connectivity index (χ0n) is 22.7. The van der Waals surface area contributed by atoms with Crippen LogP contribution in [0.4, 0.5) is 8.78 Å². The van der Waals surface area contributed by atoms with Crippen molar-refractivity contribution in [2.45, 2.75) is 65.3 Å². The van der Waals surface area contributed by atoms with Crippen LogP contribution in [-0.2, 0) is 19.4 Å². The van der Waals surface area contributed by atoms with Crippen molar-refractivity contribution in [1.29, 1.82) is 0 Å². The van der Waals surface area contributed by atoms with Crippen molar-refractivity contribution < 1.29 is 28.9 Å². The summed E-state index contributed by atoms with van der Waals surface area (Å²) < 4.78 is 27.3. The molecular formula is C30H37F2N3O4. The molecule has 0 saturated carbocycles. The second-order valence-electron chi connectivity index (χ2n) is 10.9. The normalized spacial score (nSPS) is 14.1. The molecule has 9 heteroatoms. The molecule has 39 heavy (non-hydrogen) atoms. The Balaban J connectivity index is 1.91. The molecule has 1 aromatic heterocycles. The summed E-state index contributed by atoms with van der Waals surface area (Å²) in [7, 11) is 0. The molecular weight excluding hydrogens is 504 g/mol. The number of rotatable bonds is 10. The van der Waals surface area contributed by atoms with Crippen LogP contribution in [-0.4, -0.2) is 49.8 Å². The molecule has 1 amide bonds. The predicted molar refractivity (Wildman–Crippen MR) is 145 cm³/mol. The van der Waals surface area contributed by atoms with Crippen LogP contribution in [0.15, 0.2) is 54.6 Å². The van der Waals surface area contributed by atoms with Crippen LogP contribution in [0.2, 0.25) is 0 Å². The van der Waals surface area contributed by atoms with E-state index in [0.717, 1.165) is 35.7 Å². The summed E-state index contributed by atoms with van der Waals surface area (Å²) >= 11 is 0. The Hall–Kier alpha value is -3.40. The fourth-order valence-electron chi connectivity index (χ4n) is 4.26. The minimum Gasteiger partial charge on any atom is -0.505 e. The number of aliphatic hydroxyl groups is 2. The fourth-order valence-corrected chi connectivity index (χ4v) is 4.26. The lowest BCUT2D eigenvalue weighted by atomic mass is 9.87. The van der Waals surface area contributed by atoms with E-state index in [9.17, 15) is 28.9 Å². The van der Waals surface area contributed by atoms with E-state index >= 15 is 0 Å². The number of halogens is 2. The van der Waals surface area contributed by atoms with Crippen molar-refractivity contribution in [1.82, 2.24) is 9.88 Å². The smallest absolute Gasteiger partial charge is 0.276 e. The summed E-state index contributed by atoms with van der Waals surface area (Å²) in [5, 5.41) is 32.2. The lowest BCUT2D eigenvalue weighted by Crippen LogP contribution is -2.46. The molecule has 1 unspecified atom stereocenters. The lowest BCUT2D eigenvalue weighted by molar-refractivity contribution is 0.0526. The van der Waals surface area contributed by atoms with Gasteiger partial charge in [-0.3, -0.25) is 4.79 Å². The molecule has 0 spiro atoms. The number of hydrogen-bond donors (Lipinski definition) is 4. The van der Waals surface area contributed by atoms with Crippen LogP contribution in [0.3, 0.4) is 0 Å². The number of nitrogens with zero attached hydrogens (tertiary/aromatic N) is 2. The number of amides is 1. The van der Waals surface area contributed by atoms with Gasteiger partial charge in [0.25, 0.3) is 5.91 Å². The van der Waals surface area contributed by atoms with Gasteiger partial charge in [0.05, 0.1) is 11.8 Å². The van der Waals surface area contributed by atoms with Gasteiger partial charge in [-0.05, 0) is 59.2 Å². The van der Waals surface area contributed by atoms with E-state index < -0.39 is 41.2 Å². The van der Waals surface area contributed by atoms with Gasteiger partial charge >= 0.3 is 0 Å². The number of aromatic nitrogens is 1. The Morgan fingerprint density at radius 2 is 1.64 bits per heavy atom. The first-order valence-electron chi connectivity index (χ1n) is 12.9. The molecule has 0 aliphatic carbocycles. The molecule has 0 aliphatic rings. The first-order chi connectivity index (χ1) is 18.3. The predicted octanol–water partition coefficient (Wildman–Crippen LogP) is 4.28. The minimum absolute atomic E-state index is 0.0278. The number of pyridine rings is 1. The number of aliphatic hydroxyl groups excluding tert-OH is 2. The number of carbonyl (C=O) groups is 1. The summed E-state index contributed by atoms with van der Waals surface area (Å²) in [5.41, 5.74) is 7.70. The van der Waals surface area contributed by atoms with Crippen LogP contribution in [0.1, 0.15) is 66.7 Å². The molecule has 1 heterocycles. The van der Waals surface area contributed by atoms with Crippen molar-refractivity contribution in [3.05, 3.63) is 94.3 Å². The highest BCUT2D eigenvalue weighted by molar-refractivity contribution is 5.95. The Labute approximate surface area is 227 Å². The van der Waals surface area contributed by atoms with E-state index in [1.165, 1.54) is 17.0 Å². The zero-order chi connectivity index (χ0) is 28.9. The quantitative estimate of drug-likeness (QED) is 0.304. The molecule has 0 bridgehead atoms. The summed E-state index contributed by atoms with van der Waals surface area (Å²) in [6, 6.07) is 12.5. The third-order valence-electron chi connectivity index (χ3n) is 6.55. The molecule has 3 rings (SSSR count). The fraction of sp³-hybridized carbons (Fsp3) is 0.400. The third-order valence-corrected chi connectivity index (χ3v) is 6.55. The highest BCUT2D eigenvalue weighted by Crippen LogP contribution is 2.33. The van der Waals surface area contributed by atoms with Gasteiger partial charge in [-0.15, -0.1) is 0 Å². The summed E-state index contributed by atoms with van der Waals surface area (Å²) in [6.45, 7) is 7.32. The Bertz CT molecular complexity index is 1280. The molecule has 3 aromatic rings. The van der Waals surface area contributed by atoms with Gasteiger partial charge < -0.3 is 26.0 Å². The molecule has 5 N–H and O–H groups in total. The minimum atomic E-state index is -1.26. The molecule has 0 fully saturated rings. The summed E-state index contributed by atoms with van der Waals surface area (Å²) in [6.07, 6.45) is -1.50. The van der Waals surface area contributed by atoms with Crippen LogP contribution < -0.4 is 5.73 Å². The monoisotopic (exact) mass is 541 g/mol. The summed E-state index contributed by atoms with van der Waals surface area (Å²) in [5.74, 6) is -2.54. The third kappa shape index (κ3) is 8.05. The van der Waals surface area contributed by atoms with Crippen molar-refractivity contribution in [3.8, 4) is 5.75 Å². The van der Waals surface area contributed by atoms with Crippen LogP contribution in [0.5, 0.6) is 5.75 Å². The molecule has 0 aliphatic heterocycles. The summed E-state index contributed by atoms with van der Waals surface area (Å²) in [4.78, 5) is 19.3. The highest BCUT2D eigenvalue weighted by Gasteiger charge is 2.30. The second kappa shape index (κ2) is 12.6. The number of benzene rings is 2. The maximum absolute atomic E-state index is 13.7. The number of aryl methyl sites for hydroxylation is 1. The maximum atomic E-state index is 13.7. The molecule has 3 atom stereocenters. The van der Waals surface area contributed by atoms with Gasteiger partial charge in [-0.2, -0.15) is 0 Å². The van der Waals surface area contributed by atoms with Crippen LogP contribution in [0.25, 0.3) is 0 Å². The van der Waals surface area contributed by atoms with E-state index in [-0.39, 0.29) is 42.2 Å². The van der Waals surface area contributed by atoms with E-state index in [1.54, 1.807) is 0 Å². The Kier molecular flexibility index (Phi) is 9.77. The van der Waals surface area contributed by atoms with Crippen molar-refractivity contribution in [3.63, 3.8) is 0 Å².